The van der Waals surface area contributed by atoms with Gasteiger partial charge in [0.05, 0.1) is 17.7 Å². The summed E-state index contributed by atoms with van der Waals surface area (Å²) in [6, 6.07) is 11.2. The SMILES string of the molecule is COc1ccc(S(=O)(=O)N(C)c2ccc(C(=O)NCCN(C)C)cc2C)cc1. The fourth-order valence-electron chi connectivity index (χ4n) is 2.68. The number of nitrogens with zero attached hydrogens (tertiary/aromatic N) is 2. The van der Waals surface area contributed by atoms with Crippen LogP contribution in [0.2, 0.25) is 0 Å². The van der Waals surface area contributed by atoms with Crippen LogP contribution in [0.4, 0.5) is 5.69 Å². The van der Waals surface area contributed by atoms with Crippen molar-refractivity contribution < 1.29 is 17.9 Å². The van der Waals surface area contributed by atoms with Crippen molar-refractivity contribution in [2.24, 2.45) is 0 Å². The van der Waals surface area contributed by atoms with E-state index in [9.17, 15) is 13.2 Å². The van der Waals surface area contributed by atoms with Crippen LogP contribution in [0.1, 0.15) is 15.9 Å². The van der Waals surface area contributed by atoms with E-state index in [4.69, 9.17) is 4.74 Å². The molecule has 2 aromatic carbocycles. The molecule has 0 bridgehead atoms. The maximum absolute atomic E-state index is 12.9. The monoisotopic (exact) mass is 405 g/mol. The molecule has 28 heavy (non-hydrogen) atoms. The minimum absolute atomic E-state index is 0.167. The number of carbonyl (C=O) groups is 1. The molecule has 0 aliphatic carbocycles. The number of carbonyl (C=O) groups excluding carboxylic acids is 1. The number of hydrogen-bond donors (Lipinski definition) is 1. The van der Waals surface area contributed by atoms with Crippen LogP contribution in [0.15, 0.2) is 47.4 Å². The summed E-state index contributed by atoms with van der Waals surface area (Å²) in [7, 11) is 3.17. The van der Waals surface area contributed by atoms with Gasteiger partial charge in [-0.1, -0.05) is 0 Å². The molecule has 2 rings (SSSR count). The normalized spacial score (nSPS) is 11.4. The van der Waals surface area contributed by atoms with Crippen molar-refractivity contribution >= 4 is 21.6 Å². The lowest BCUT2D eigenvalue weighted by Gasteiger charge is -2.22. The van der Waals surface area contributed by atoms with Gasteiger partial charge < -0.3 is 15.0 Å². The number of likely N-dealkylation sites (N-methyl/N-ethyl adjacent to an activating group) is 1. The molecule has 1 N–H and O–H groups in total. The maximum Gasteiger partial charge on any atom is 0.264 e. The van der Waals surface area contributed by atoms with E-state index in [1.54, 1.807) is 37.3 Å². The third-order valence-corrected chi connectivity index (χ3v) is 6.15. The number of hydrogen-bond acceptors (Lipinski definition) is 5. The van der Waals surface area contributed by atoms with E-state index in [0.717, 1.165) is 6.54 Å². The van der Waals surface area contributed by atoms with Gasteiger partial charge in [0.15, 0.2) is 0 Å². The molecule has 0 saturated heterocycles. The van der Waals surface area contributed by atoms with Gasteiger partial charge in [-0.15, -0.1) is 0 Å². The summed E-state index contributed by atoms with van der Waals surface area (Å²) in [5, 5.41) is 2.85. The minimum atomic E-state index is -3.72. The number of nitrogens with one attached hydrogen (secondary N) is 1. The van der Waals surface area contributed by atoms with E-state index >= 15 is 0 Å². The van der Waals surface area contributed by atoms with Crippen molar-refractivity contribution in [1.29, 1.82) is 0 Å². The van der Waals surface area contributed by atoms with Crippen LogP contribution in [0, 0.1) is 6.92 Å². The zero-order valence-electron chi connectivity index (χ0n) is 16.9. The predicted octanol–water partition coefficient (Wildman–Crippen LogP) is 2.12. The molecule has 0 atom stereocenters. The van der Waals surface area contributed by atoms with E-state index in [1.165, 1.54) is 30.6 Å². The first-order valence-electron chi connectivity index (χ1n) is 8.83. The van der Waals surface area contributed by atoms with Crippen molar-refractivity contribution in [2.75, 3.05) is 45.6 Å². The second-order valence-corrected chi connectivity index (χ2v) is 8.68. The third kappa shape index (κ3) is 5.02. The molecule has 0 unspecified atom stereocenters. The highest BCUT2D eigenvalue weighted by Crippen LogP contribution is 2.27. The Balaban J connectivity index is 2.21. The smallest absolute Gasteiger partial charge is 0.264 e. The summed E-state index contributed by atoms with van der Waals surface area (Å²) in [4.78, 5) is 14.4. The van der Waals surface area contributed by atoms with Gasteiger partial charge in [0, 0.05) is 25.7 Å². The molecular formula is C20H27N3O4S. The Hall–Kier alpha value is -2.58. The zero-order valence-corrected chi connectivity index (χ0v) is 17.7. The van der Waals surface area contributed by atoms with Gasteiger partial charge >= 0.3 is 0 Å². The number of aryl methyl sites for hydroxylation is 1. The maximum atomic E-state index is 12.9. The van der Waals surface area contributed by atoms with Gasteiger partial charge in [-0.3, -0.25) is 9.10 Å². The number of amides is 1. The Morgan fingerprint density at radius 2 is 1.71 bits per heavy atom. The molecule has 0 saturated carbocycles. The van der Waals surface area contributed by atoms with Crippen LogP contribution in [-0.4, -0.2) is 60.6 Å². The van der Waals surface area contributed by atoms with Crippen LogP contribution in [-0.2, 0) is 10.0 Å². The fourth-order valence-corrected chi connectivity index (χ4v) is 3.94. The number of methoxy groups -OCH3 is 1. The summed E-state index contributed by atoms with van der Waals surface area (Å²) < 4.78 is 32.1. The Bertz CT molecular complexity index is 925. The quantitative estimate of drug-likeness (QED) is 0.728. The molecule has 0 aliphatic heterocycles. The van der Waals surface area contributed by atoms with E-state index in [1.807, 2.05) is 19.0 Å². The van der Waals surface area contributed by atoms with Gasteiger partial charge in [0.2, 0.25) is 0 Å². The topological polar surface area (TPSA) is 79.0 Å². The number of sulfonamides is 1. The third-order valence-electron chi connectivity index (χ3n) is 4.36. The van der Waals surface area contributed by atoms with Gasteiger partial charge in [0.25, 0.3) is 15.9 Å². The molecule has 0 heterocycles. The molecule has 0 fully saturated rings. The lowest BCUT2D eigenvalue weighted by atomic mass is 10.1. The number of anilines is 1. The van der Waals surface area contributed by atoms with Crippen molar-refractivity contribution in [3.63, 3.8) is 0 Å². The second-order valence-electron chi connectivity index (χ2n) is 6.71. The van der Waals surface area contributed by atoms with Crippen LogP contribution >= 0.6 is 0 Å². The lowest BCUT2D eigenvalue weighted by Crippen LogP contribution is -2.31. The molecule has 0 aliphatic rings. The van der Waals surface area contributed by atoms with Crippen molar-refractivity contribution in [1.82, 2.24) is 10.2 Å². The predicted molar refractivity (Wildman–Crippen MR) is 111 cm³/mol. The summed E-state index contributed by atoms with van der Waals surface area (Å²) in [5.41, 5.74) is 1.70. The molecule has 7 nitrogen and oxygen atoms in total. The first-order chi connectivity index (χ1) is 13.2. The second kappa shape index (κ2) is 9.07. The van der Waals surface area contributed by atoms with Gasteiger partial charge in [0.1, 0.15) is 5.75 Å². The molecule has 8 heteroatoms. The molecule has 0 radical (unpaired) electrons. The Morgan fingerprint density at radius 3 is 2.25 bits per heavy atom. The lowest BCUT2D eigenvalue weighted by molar-refractivity contribution is 0.0951. The molecular weight excluding hydrogens is 378 g/mol. The average Bonchev–Trinajstić information content (AvgIpc) is 2.67. The molecule has 152 valence electrons. The van der Waals surface area contributed by atoms with E-state index in [0.29, 0.717) is 29.1 Å². The standard InChI is InChI=1S/C20H27N3O4S/c1-15-14-16(20(24)21-12-13-22(2)3)6-11-19(15)23(4)28(25,26)18-9-7-17(27-5)8-10-18/h6-11,14H,12-13H2,1-5H3,(H,21,24). The van der Waals surface area contributed by atoms with Crippen molar-refractivity contribution in [3.8, 4) is 5.75 Å². The Labute approximate surface area is 167 Å². The zero-order chi connectivity index (χ0) is 20.9. The largest absolute Gasteiger partial charge is 0.497 e. The fraction of sp³-hybridized carbons (Fsp3) is 0.350. The van der Waals surface area contributed by atoms with E-state index in [-0.39, 0.29) is 10.8 Å². The average molecular weight is 406 g/mol. The minimum Gasteiger partial charge on any atom is -0.497 e. The molecule has 0 aromatic heterocycles. The van der Waals surface area contributed by atoms with E-state index < -0.39 is 10.0 Å². The van der Waals surface area contributed by atoms with Gasteiger partial charge in [-0.25, -0.2) is 8.42 Å². The Morgan fingerprint density at radius 1 is 1.07 bits per heavy atom. The van der Waals surface area contributed by atoms with Gasteiger partial charge in [-0.2, -0.15) is 0 Å². The Kier molecular flexibility index (Phi) is 7.04. The molecule has 0 spiro atoms. The summed E-state index contributed by atoms with van der Waals surface area (Å²) in [6.07, 6.45) is 0. The van der Waals surface area contributed by atoms with Crippen LogP contribution in [0.5, 0.6) is 5.75 Å². The number of ether oxygens (including phenoxy) is 1. The van der Waals surface area contributed by atoms with Crippen LogP contribution in [0.25, 0.3) is 0 Å². The first-order valence-corrected chi connectivity index (χ1v) is 10.3. The highest BCUT2D eigenvalue weighted by Gasteiger charge is 2.23. The molecule has 2 aromatic rings. The first kappa shape index (κ1) is 21.7. The number of rotatable bonds is 8. The van der Waals surface area contributed by atoms with Gasteiger partial charge in [-0.05, 0) is 69.0 Å². The highest BCUT2D eigenvalue weighted by molar-refractivity contribution is 7.92. The van der Waals surface area contributed by atoms with Crippen LogP contribution < -0.4 is 14.4 Å². The van der Waals surface area contributed by atoms with Crippen molar-refractivity contribution in [2.45, 2.75) is 11.8 Å². The number of benzene rings is 2. The highest BCUT2D eigenvalue weighted by atomic mass is 32.2. The summed E-state index contributed by atoms with van der Waals surface area (Å²) >= 11 is 0. The summed E-state index contributed by atoms with van der Waals surface area (Å²) in [5.74, 6) is 0.402. The molecule has 1 amide bonds. The van der Waals surface area contributed by atoms with Crippen molar-refractivity contribution in [3.05, 3.63) is 53.6 Å². The summed E-state index contributed by atoms with van der Waals surface area (Å²) in [6.45, 7) is 3.07. The van der Waals surface area contributed by atoms with E-state index in [2.05, 4.69) is 5.32 Å². The van der Waals surface area contributed by atoms with Crippen LogP contribution in [0.3, 0.4) is 0 Å².